The molecule has 2 heterocycles. The fourth-order valence-electron chi connectivity index (χ4n) is 3.65. The highest BCUT2D eigenvalue weighted by Crippen LogP contribution is 2.23. The van der Waals surface area contributed by atoms with E-state index < -0.39 is 10.9 Å². The summed E-state index contributed by atoms with van der Waals surface area (Å²) in [6.45, 7) is 4.00. The maximum Gasteiger partial charge on any atom is 0.335 e. The van der Waals surface area contributed by atoms with Crippen molar-refractivity contribution < 1.29 is 14.8 Å². The van der Waals surface area contributed by atoms with E-state index in [1.54, 1.807) is 24.3 Å². The number of nitrogens with one attached hydrogen (secondary N) is 1. The molecular formula is C20H21N5O4. The van der Waals surface area contributed by atoms with Gasteiger partial charge in [0.1, 0.15) is 0 Å². The monoisotopic (exact) mass is 395 g/mol. The minimum absolute atomic E-state index is 0.0401. The topological polar surface area (TPSA) is 116 Å². The minimum atomic E-state index is -0.918. The van der Waals surface area contributed by atoms with Gasteiger partial charge in [-0.05, 0) is 30.2 Å². The van der Waals surface area contributed by atoms with Crippen LogP contribution >= 0.6 is 0 Å². The first-order valence-corrected chi connectivity index (χ1v) is 9.43. The SMILES string of the molecule is O=C(O)c1cccc(CN2CCCN(c3nc4ccc([N+](=O)[O-])cc4[nH]3)CC2)c1. The lowest BCUT2D eigenvalue weighted by molar-refractivity contribution is -0.384. The Morgan fingerprint density at radius 3 is 2.83 bits per heavy atom. The molecule has 1 aliphatic rings. The maximum absolute atomic E-state index is 11.2. The second-order valence-corrected chi connectivity index (χ2v) is 7.14. The van der Waals surface area contributed by atoms with Gasteiger partial charge >= 0.3 is 5.97 Å². The molecule has 4 rings (SSSR count). The summed E-state index contributed by atoms with van der Waals surface area (Å²) in [7, 11) is 0. The van der Waals surface area contributed by atoms with Crippen molar-refractivity contribution in [2.75, 3.05) is 31.1 Å². The predicted octanol–water partition coefficient (Wildman–Crippen LogP) is 2.88. The zero-order valence-corrected chi connectivity index (χ0v) is 15.7. The number of aromatic carboxylic acids is 1. The van der Waals surface area contributed by atoms with Gasteiger partial charge in [0.25, 0.3) is 5.69 Å². The lowest BCUT2D eigenvalue weighted by Crippen LogP contribution is -2.31. The Morgan fingerprint density at radius 1 is 1.17 bits per heavy atom. The maximum atomic E-state index is 11.2. The summed E-state index contributed by atoms with van der Waals surface area (Å²) >= 11 is 0. The molecule has 1 aromatic heterocycles. The number of carboxylic acids is 1. The zero-order chi connectivity index (χ0) is 20.4. The number of carbonyl (C=O) groups is 1. The van der Waals surface area contributed by atoms with Crippen molar-refractivity contribution in [1.29, 1.82) is 0 Å². The number of rotatable bonds is 5. The van der Waals surface area contributed by atoms with E-state index in [-0.39, 0.29) is 5.69 Å². The summed E-state index contributed by atoms with van der Waals surface area (Å²) in [5.41, 5.74) is 2.68. The molecule has 29 heavy (non-hydrogen) atoms. The number of carboxylic acid groups (broad SMARTS) is 1. The smallest absolute Gasteiger partial charge is 0.335 e. The molecule has 150 valence electrons. The Bertz CT molecular complexity index is 1060. The van der Waals surface area contributed by atoms with Gasteiger partial charge < -0.3 is 15.0 Å². The van der Waals surface area contributed by atoms with Crippen LogP contribution in [0.3, 0.4) is 0 Å². The van der Waals surface area contributed by atoms with Crippen LogP contribution in [0, 0.1) is 10.1 Å². The molecule has 3 aromatic rings. The number of hydrogen-bond donors (Lipinski definition) is 2. The summed E-state index contributed by atoms with van der Waals surface area (Å²) in [5, 5.41) is 20.1. The number of non-ortho nitro benzene ring substituents is 1. The number of hydrogen-bond acceptors (Lipinski definition) is 6. The van der Waals surface area contributed by atoms with E-state index in [1.165, 1.54) is 12.1 Å². The number of nitro groups is 1. The van der Waals surface area contributed by atoms with Gasteiger partial charge in [0.2, 0.25) is 5.95 Å². The fraction of sp³-hybridized carbons (Fsp3) is 0.300. The van der Waals surface area contributed by atoms with Crippen LogP contribution in [0.15, 0.2) is 42.5 Å². The van der Waals surface area contributed by atoms with E-state index in [4.69, 9.17) is 5.11 Å². The Morgan fingerprint density at radius 2 is 2.03 bits per heavy atom. The third-order valence-corrected chi connectivity index (χ3v) is 5.13. The number of benzene rings is 2. The molecule has 9 nitrogen and oxygen atoms in total. The molecule has 2 N–H and O–H groups in total. The summed E-state index contributed by atoms with van der Waals surface area (Å²) in [6, 6.07) is 11.7. The summed E-state index contributed by atoms with van der Waals surface area (Å²) < 4.78 is 0. The van der Waals surface area contributed by atoms with E-state index in [2.05, 4.69) is 19.8 Å². The molecule has 1 aliphatic heterocycles. The number of aromatic amines is 1. The summed E-state index contributed by atoms with van der Waals surface area (Å²) in [5.74, 6) is -0.200. The normalized spacial score (nSPS) is 15.4. The molecule has 0 radical (unpaired) electrons. The highest BCUT2D eigenvalue weighted by atomic mass is 16.6. The van der Waals surface area contributed by atoms with Crippen LogP contribution in [0.2, 0.25) is 0 Å². The molecule has 0 bridgehead atoms. The minimum Gasteiger partial charge on any atom is -0.478 e. The Labute approximate surface area is 166 Å². The van der Waals surface area contributed by atoms with Crippen molar-refractivity contribution in [3.05, 3.63) is 63.7 Å². The molecule has 1 fully saturated rings. The average Bonchev–Trinajstić information content (AvgIpc) is 2.99. The zero-order valence-electron chi connectivity index (χ0n) is 15.7. The molecule has 0 saturated carbocycles. The van der Waals surface area contributed by atoms with Crippen molar-refractivity contribution >= 4 is 28.6 Å². The number of aromatic nitrogens is 2. The van der Waals surface area contributed by atoms with Gasteiger partial charge in [-0.25, -0.2) is 9.78 Å². The molecule has 0 atom stereocenters. The highest BCUT2D eigenvalue weighted by Gasteiger charge is 2.19. The quantitative estimate of drug-likeness (QED) is 0.504. The molecule has 0 amide bonds. The van der Waals surface area contributed by atoms with Gasteiger partial charge in [0.05, 0.1) is 21.5 Å². The van der Waals surface area contributed by atoms with Crippen LogP contribution < -0.4 is 4.90 Å². The van der Waals surface area contributed by atoms with Gasteiger partial charge in [0.15, 0.2) is 0 Å². The van der Waals surface area contributed by atoms with Crippen LogP contribution in [0.25, 0.3) is 11.0 Å². The van der Waals surface area contributed by atoms with E-state index in [1.807, 2.05) is 6.07 Å². The largest absolute Gasteiger partial charge is 0.478 e. The lowest BCUT2D eigenvalue weighted by Gasteiger charge is -2.21. The van der Waals surface area contributed by atoms with Crippen LogP contribution in [-0.4, -0.2) is 57.0 Å². The number of H-pyrrole nitrogens is 1. The fourth-order valence-corrected chi connectivity index (χ4v) is 3.65. The molecule has 0 spiro atoms. The van der Waals surface area contributed by atoms with Crippen molar-refractivity contribution in [3.8, 4) is 0 Å². The number of fused-ring (bicyclic) bond motifs is 1. The van der Waals surface area contributed by atoms with Gasteiger partial charge in [0, 0.05) is 44.9 Å². The average molecular weight is 395 g/mol. The van der Waals surface area contributed by atoms with Crippen molar-refractivity contribution in [3.63, 3.8) is 0 Å². The molecule has 9 heteroatoms. The van der Waals surface area contributed by atoms with Crippen molar-refractivity contribution in [1.82, 2.24) is 14.9 Å². The molecule has 2 aromatic carbocycles. The number of nitrogens with zero attached hydrogens (tertiary/aromatic N) is 4. The van der Waals surface area contributed by atoms with E-state index in [0.717, 1.165) is 44.1 Å². The molecule has 0 aliphatic carbocycles. The third-order valence-electron chi connectivity index (χ3n) is 5.13. The van der Waals surface area contributed by atoms with Gasteiger partial charge in [-0.3, -0.25) is 15.0 Å². The van der Waals surface area contributed by atoms with Gasteiger partial charge in [-0.1, -0.05) is 12.1 Å². The first-order chi connectivity index (χ1) is 14.0. The van der Waals surface area contributed by atoms with Gasteiger partial charge in [-0.15, -0.1) is 0 Å². The van der Waals surface area contributed by atoms with Gasteiger partial charge in [-0.2, -0.15) is 0 Å². The van der Waals surface area contributed by atoms with Crippen LogP contribution in [0.1, 0.15) is 22.3 Å². The Hall–Kier alpha value is -3.46. The number of imidazole rings is 1. The number of anilines is 1. The van der Waals surface area contributed by atoms with E-state index >= 15 is 0 Å². The van der Waals surface area contributed by atoms with Crippen molar-refractivity contribution in [2.45, 2.75) is 13.0 Å². The second-order valence-electron chi connectivity index (χ2n) is 7.14. The standard InChI is InChI=1S/C20H21N5O4/c26-19(27)15-4-1-3-14(11-15)13-23-7-2-8-24(10-9-23)20-21-17-6-5-16(25(28)29)12-18(17)22-20/h1,3-6,11-12H,2,7-10,13H2,(H,21,22)(H,26,27). The summed E-state index contributed by atoms with van der Waals surface area (Å²) in [4.78, 5) is 34.0. The molecular weight excluding hydrogens is 374 g/mol. The van der Waals surface area contributed by atoms with Crippen LogP contribution in [0.4, 0.5) is 11.6 Å². The first-order valence-electron chi connectivity index (χ1n) is 9.43. The highest BCUT2D eigenvalue weighted by molar-refractivity contribution is 5.87. The van der Waals surface area contributed by atoms with E-state index in [0.29, 0.717) is 23.1 Å². The van der Waals surface area contributed by atoms with E-state index in [9.17, 15) is 14.9 Å². The number of nitro benzene ring substituents is 1. The lowest BCUT2D eigenvalue weighted by atomic mass is 10.1. The third kappa shape index (κ3) is 4.19. The summed E-state index contributed by atoms with van der Waals surface area (Å²) in [6.07, 6.45) is 0.940. The molecule has 1 saturated heterocycles. The van der Waals surface area contributed by atoms with Crippen molar-refractivity contribution in [2.24, 2.45) is 0 Å². The second kappa shape index (κ2) is 7.88. The first kappa shape index (κ1) is 18.9. The van der Waals surface area contributed by atoms with Crippen LogP contribution in [-0.2, 0) is 6.54 Å². The Kier molecular flexibility index (Phi) is 5.13. The molecule has 0 unspecified atom stereocenters. The van der Waals surface area contributed by atoms with Crippen LogP contribution in [0.5, 0.6) is 0 Å². The predicted molar refractivity (Wildman–Crippen MR) is 108 cm³/mol. The Balaban J connectivity index is 1.45.